The van der Waals surface area contributed by atoms with Crippen LogP contribution in [0, 0.1) is 0 Å². The highest BCUT2D eigenvalue weighted by Gasteiger charge is 2.30. The number of benzene rings is 1. The lowest BCUT2D eigenvalue weighted by Crippen LogP contribution is -2.23. The maximum atomic E-state index is 12.5. The molecule has 0 atom stereocenters. The number of hydrazone groups is 1. The molecule has 0 spiro atoms. The van der Waals surface area contributed by atoms with Crippen molar-refractivity contribution in [2.45, 2.75) is 6.18 Å². The van der Waals surface area contributed by atoms with Gasteiger partial charge in [0.25, 0.3) is 0 Å². The van der Waals surface area contributed by atoms with Crippen molar-refractivity contribution < 1.29 is 13.2 Å². The van der Waals surface area contributed by atoms with E-state index >= 15 is 0 Å². The summed E-state index contributed by atoms with van der Waals surface area (Å²) in [5.74, 6) is 0. The van der Waals surface area contributed by atoms with Gasteiger partial charge < -0.3 is 10.7 Å². The summed E-state index contributed by atoms with van der Waals surface area (Å²) in [5.41, 5.74) is 7.87. The molecule has 100 valence electrons. The molecular weight excluding hydrogens is 277 g/mol. The maximum absolute atomic E-state index is 12.5. The topological polar surface area (TPSA) is 66.2 Å². The molecule has 8 heteroatoms. The summed E-state index contributed by atoms with van der Waals surface area (Å²) in [6.45, 7) is 0. The molecule has 0 aliphatic carbocycles. The van der Waals surface area contributed by atoms with E-state index in [1.807, 2.05) is 0 Å². The average Bonchev–Trinajstić information content (AvgIpc) is 2.70. The fraction of sp³-hybridized carbons (Fsp3) is 0.0909. The average molecular weight is 286 g/mol. The number of alkyl halides is 3. The second-order valence-corrected chi connectivity index (χ2v) is 4.18. The summed E-state index contributed by atoms with van der Waals surface area (Å²) in [4.78, 5) is 2.76. The summed E-state index contributed by atoms with van der Waals surface area (Å²) in [5, 5.41) is 4.39. The summed E-state index contributed by atoms with van der Waals surface area (Å²) in [7, 11) is 0. The van der Waals surface area contributed by atoms with Crippen molar-refractivity contribution in [2.24, 2.45) is 10.8 Å². The molecule has 4 nitrogen and oxygen atoms in total. The van der Waals surface area contributed by atoms with Crippen molar-refractivity contribution in [1.82, 2.24) is 10.4 Å². The number of hydrogen-bond donors (Lipinski definition) is 3. The Bertz CT molecular complexity index is 645. The summed E-state index contributed by atoms with van der Waals surface area (Å²) in [6.07, 6.45) is -1.39. The number of nitrogens with two attached hydrogens (primary N) is 1. The lowest BCUT2D eigenvalue weighted by Gasteiger charge is -2.05. The van der Waals surface area contributed by atoms with Crippen LogP contribution >= 0.6 is 12.2 Å². The number of hydrogen-bond acceptors (Lipinski definition) is 2. The Kier molecular flexibility index (Phi) is 3.43. The lowest BCUT2D eigenvalue weighted by molar-refractivity contribution is -0.137. The zero-order chi connectivity index (χ0) is 14.0. The third kappa shape index (κ3) is 3.02. The Morgan fingerprint density at radius 1 is 1.42 bits per heavy atom. The van der Waals surface area contributed by atoms with Gasteiger partial charge in [0.2, 0.25) is 0 Å². The summed E-state index contributed by atoms with van der Waals surface area (Å²) < 4.78 is 37.6. The van der Waals surface area contributed by atoms with Gasteiger partial charge in [-0.25, -0.2) is 0 Å². The van der Waals surface area contributed by atoms with E-state index in [0.717, 1.165) is 12.1 Å². The first-order valence-electron chi connectivity index (χ1n) is 5.15. The third-order valence-electron chi connectivity index (χ3n) is 2.42. The fourth-order valence-electron chi connectivity index (χ4n) is 1.60. The molecule has 0 amide bonds. The molecule has 0 aliphatic rings. The predicted octanol–water partition coefficient (Wildman–Crippen LogP) is 2.35. The summed E-state index contributed by atoms with van der Waals surface area (Å²) >= 11 is 4.56. The van der Waals surface area contributed by atoms with Crippen molar-refractivity contribution in [3.05, 3.63) is 35.5 Å². The first-order chi connectivity index (χ1) is 8.88. The van der Waals surface area contributed by atoms with Crippen molar-refractivity contribution in [1.29, 1.82) is 0 Å². The van der Waals surface area contributed by atoms with Gasteiger partial charge in [-0.2, -0.15) is 18.3 Å². The van der Waals surface area contributed by atoms with Crippen LogP contribution in [0.1, 0.15) is 11.1 Å². The molecule has 19 heavy (non-hydrogen) atoms. The highest BCUT2D eigenvalue weighted by molar-refractivity contribution is 7.80. The van der Waals surface area contributed by atoms with E-state index < -0.39 is 11.7 Å². The number of halogens is 3. The molecule has 0 fully saturated rings. The number of nitrogens with one attached hydrogen (secondary N) is 2. The van der Waals surface area contributed by atoms with Gasteiger partial charge in [-0.15, -0.1) is 0 Å². The lowest BCUT2D eigenvalue weighted by atomic mass is 10.1. The van der Waals surface area contributed by atoms with Crippen molar-refractivity contribution in [2.75, 3.05) is 0 Å². The number of aromatic nitrogens is 1. The molecule has 2 aromatic rings. The minimum atomic E-state index is -4.36. The van der Waals surface area contributed by atoms with E-state index in [0.29, 0.717) is 16.5 Å². The van der Waals surface area contributed by atoms with E-state index in [2.05, 4.69) is 27.7 Å². The van der Waals surface area contributed by atoms with Crippen LogP contribution in [-0.4, -0.2) is 16.3 Å². The highest BCUT2D eigenvalue weighted by Crippen LogP contribution is 2.31. The molecule has 1 heterocycles. The first kappa shape index (κ1) is 13.3. The Hall–Kier alpha value is -2.09. The molecule has 0 bridgehead atoms. The van der Waals surface area contributed by atoms with Crippen LogP contribution in [0.5, 0.6) is 0 Å². The maximum Gasteiger partial charge on any atom is 0.416 e. The van der Waals surface area contributed by atoms with Gasteiger partial charge in [0.15, 0.2) is 5.11 Å². The standard InChI is InChI=1S/C11H9F3N4S/c12-11(13,14)7-1-2-8-6(4-16-9(8)3-7)5-17-18-10(15)19/h1-5,16H,(H3,15,18,19)/b17-5-. The molecule has 1 aromatic carbocycles. The SMILES string of the molecule is NC(=S)N/N=C\c1c[nH]c2cc(C(F)(F)F)ccc12. The molecule has 4 N–H and O–H groups in total. The molecule has 2 rings (SSSR count). The van der Waals surface area contributed by atoms with Gasteiger partial charge in [0.05, 0.1) is 11.8 Å². The Balaban J connectivity index is 2.34. The van der Waals surface area contributed by atoms with Gasteiger partial charge in [0.1, 0.15) is 0 Å². The van der Waals surface area contributed by atoms with Crippen molar-refractivity contribution in [3.8, 4) is 0 Å². The molecule has 0 saturated carbocycles. The summed E-state index contributed by atoms with van der Waals surface area (Å²) in [6, 6.07) is 3.46. The zero-order valence-electron chi connectivity index (χ0n) is 9.45. The number of thiocarbonyl (C=S) groups is 1. The molecule has 0 saturated heterocycles. The minimum absolute atomic E-state index is 0.00967. The van der Waals surface area contributed by atoms with Crippen LogP contribution < -0.4 is 11.2 Å². The zero-order valence-corrected chi connectivity index (χ0v) is 10.3. The normalized spacial score (nSPS) is 12.2. The van der Waals surface area contributed by atoms with Crippen LogP contribution in [0.2, 0.25) is 0 Å². The number of H-pyrrole nitrogens is 1. The fourth-order valence-corrected chi connectivity index (χ4v) is 1.65. The second kappa shape index (κ2) is 4.88. The van der Waals surface area contributed by atoms with E-state index in [1.165, 1.54) is 12.3 Å². The monoisotopic (exact) mass is 286 g/mol. The molecule has 0 unspecified atom stereocenters. The number of aromatic amines is 1. The van der Waals surface area contributed by atoms with Crippen LogP contribution in [-0.2, 0) is 6.18 Å². The van der Waals surface area contributed by atoms with Crippen LogP contribution in [0.4, 0.5) is 13.2 Å². The number of nitrogens with zero attached hydrogens (tertiary/aromatic N) is 1. The van der Waals surface area contributed by atoms with Gasteiger partial charge >= 0.3 is 6.18 Å². The molecule has 0 radical (unpaired) electrons. The third-order valence-corrected chi connectivity index (χ3v) is 2.51. The first-order valence-corrected chi connectivity index (χ1v) is 5.55. The van der Waals surface area contributed by atoms with E-state index in [4.69, 9.17) is 5.73 Å². The molecule has 0 aliphatic heterocycles. The number of fused-ring (bicyclic) bond motifs is 1. The molecule has 1 aromatic heterocycles. The van der Waals surface area contributed by atoms with Crippen LogP contribution in [0.3, 0.4) is 0 Å². The quantitative estimate of drug-likeness (QED) is 0.451. The van der Waals surface area contributed by atoms with Crippen molar-refractivity contribution in [3.63, 3.8) is 0 Å². The number of rotatable bonds is 2. The van der Waals surface area contributed by atoms with Crippen LogP contribution in [0.25, 0.3) is 10.9 Å². The van der Waals surface area contributed by atoms with E-state index in [1.54, 1.807) is 6.20 Å². The van der Waals surface area contributed by atoms with E-state index in [9.17, 15) is 13.2 Å². The smallest absolute Gasteiger partial charge is 0.375 e. The van der Waals surface area contributed by atoms with Gasteiger partial charge in [0, 0.05) is 22.7 Å². The minimum Gasteiger partial charge on any atom is -0.375 e. The Morgan fingerprint density at radius 3 is 2.79 bits per heavy atom. The van der Waals surface area contributed by atoms with Gasteiger partial charge in [-0.05, 0) is 24.4 Å². The van der Waals surface area contributed by atoms with Crippen molar-refractivity contribution >= 4 is 34.4 Å². The predicted molar refractivity (Wildman–Crippen MR) is 70.8 cm³/mol. The Morgan fingerprint density at radius 2 is 2.16 bits per heavy atom. The molecular formula is C11H9F3N4S. The Labute approximate surface area is 111 Å². The van der Waals surface area contributed by atoms with Crippen LogP contribution in [0.15, 0.2) is 29.5 Å². The largest absolute Gasteiger partial charge is 0.416 e. The highest BCUT2D eigenvalue weighted by atomic mass is 32.1. The van der Waals surface area contributed by atoms with Gasteiger partial charge in [-0.1, -0.05) is 6.07 Å². The van der Waals surface area contributed by atoms with E-state index in [-0.39, 0.29) is 5.11 Å². The second-order valence-electron chi connectivity index (χ2n) is 3.74. The van der Waals surface area contributed by atoms with Gasteiger partial charge in [-0.3, -0.25) is 5.43 Å².